The van der Waals surface area contributed by atoms with Crippen LogP contribution in [0.25, 0.3) is 39.4 Å². The van der Waals surface area contributed by atoms with Crippen molar-refractivity contribution in [2.45, 2.75) is 0 Å². The summed E-state index contributed by atoms with van der Waals surface area (Å²) >= 11 is 12.6. The second-order valence-corrected chi connectivity index (χ2v) is 8.98. The van der Waals surface area contributed by atoms with Crippen LogP contribution in [0.15, 0.2) is 120 Å². The largest absolute Gasteiger partial charge is 0.270 e. The Bertz CT molecular complexity index is 1830. The maximum atomic E-state index is 14.3. The highest BCUT2D eigenvalue weighted by Crippen LogP contribution is 2.35. The van der Waals surface area contributed by atoms with Crippen molar-refractivity contribution < 1.29 is 0 Å². The maximum absolute atomic E-state index is 14.3. The van der Waals surface area contributed by atoms with Gasteiger partial charge in [0.25, 0.3) is 5.56 Å². The fraction of sp³-hybridized carbons (Fsp3) is 0. The molecule has 0 spiro atoms. The van der Waals surface area contributed by atoms with Gasteiger partial charge in [0.1, 0.15) is 5.39 Å². The highest BCUT2D eigenvalue weighted by Gasteiger charge is 2.25. The van der Waals surface area contributed by atoms with Gasteiger partial charge >= 0.3 is 0 Å². The molecule has 6 aromatic rings. The molecule has 4 aromatic carbocycles. The van der Waals surface area contributed by atoms with Gasteiger partial charge in [0.2, 0.25) is 0 Å². The van der Waals surface area contributed by atoms with E-state index in [2.05, 4.69) is 0 Å². The normalized spacial score (nSPS) is 11.1. The molecule has 0 amide bonds. The van der Waals surface area contributed by atoms with Crippen LogP contribution in [0.1, 0.15) is 0 Å². The van der Waals surface area contributed by atoms with Gasteiger partial charge < -0.3 is 0 Å². The van der Waals surface area contributed by atoms with Gasteiger partial charge in [-0.1, -0.05) is 84.4 Å². The predicted octanol–water partition coefficient (Wildman–Crippen LogP) is 7.02. The fourth-order valence-electron chi connectivity index (χ4n) is 4.42. The SMILES string of the molecule is O=c1c2c(-c3ccccc3Cl)n(-c3ccccc3)nc2n(-c2ccccc2)c(=S)n1-c1ccccc1. The Labute approximate surface area is 217 Å². The van der Waals surface area contributed by atoms with E-state index in [1.807, 2.05) is 120 Å². The highest BCUT2D eigenvalue weighted by atomic mass is 35.5. The third-order valence-corrected chi connectivity index (χ3v) is 6.73. The van der Waals surface area contributed by atoms with Crippen molar-refractivity contribution in [3.63, 3.8) is 0 Å². The first-order valence-corrected chi connectivity index (χ1v) is 12.2. The van der Waals surface area contributed by atoms with Crippen molar-refractivity contribution in [2.75, 3.05) is 0 Å². The second-order valence-electron chi connectivity index (χ2n) is 8.20. The number of para-hydroxylation sites is 3. The summed E-state index contributed by atoms with van der Waals surface area (Å²) in [5.41, 5.74) is 3.81. The third kappa shape index (κ3) is 3.59. The number of rotatable bonds is 4. The highest BCUT2D eigenvalue weighted by molar-refractivity contribution is 7.71. The molecule has 0 aliphatic carbocycles. The first kappa shape index (κ1) is 22.2. The molecule has 0 N–H and O–H groups in total. The number of aromatic nitrogens is 4. The summed E-state index contributed by atoms with van der Waals surface area (Å²) in [6, 6.07) is 36.3. The minimum atomic E-state index is -0.259. The fourth-order valence-corrected chi connectivity index (χ4v) is 5.03. The Morgan fingerprint density at radius 2 is 1.14 bits per heavy atom. The summed E-state index contributed by atoms with van der Waals surface area (Å²) in [5, 5.41) is 5.92. The smallest absolute Gasteiger partial charge is 0.269 e. The number of benzene rings is 4. The Hall–Kier alpha value is -4.26. The van der Waals surface area contributed by atoms with Gasteiger partial charge in [0.05, 0.1) is 17.1 Å². The van der Waals surface area contributed by atoms with Crippen molar-refractivity contribution in [2.24, 2.45) is 0 Å². The number of hydrogen-bond donors (Lipinski definition) is 0. The van der Waals surface area contributed by atoms with Crippen molar-refractivity contribution in [3.05, 3.63) is 135 Å². The van der Waals surface area contributed by atoms with Gasteiger partial charge in [0, 0.05) is 16.3 Å². The van der Waals surface area contributed by atoms with E-state index in [0.29, 0.717) is 37.8 Å². The van der Waals surface area contributed by atoms with Crippen LogP contribution < -0.4 is 5.56 Å². The van der Waals surface area contributed by atoms with E-state index >= 15 is 0 Å². The van der Waals surface area contributed by atoms with E-state index in [-0.39, 0.29) is 5.56 Å². The summed E-state index contributed by atoms with van der Waals surface area (Å²) in [6.07, 6.45) is 0. The molecular weight excluding hydrogens is 488 g/mol. The van der Waals surface area contributed by atoms with Crippen LogP contribution in [-0.2, 0) is 0 Å². The lowest BCUT2D eigenvalue weighted by molar-refractivity contribution is 0.845. The standard InChI is InChI=1S/C29H19ClN4OS/c30-24-19-11-10-18-23(24)26-25-27(31-34(26)22-16-8-3-9-17-22)32(20-12-4-1-5-13-20)29(36)33(28(25)35)21-14-6-2-7-15-21/h1-19H. The molecule has 0 aliphatic rings. The van der Waals surface area contributed by atoms with E-state index < -0.39 is 0 Å². The summed E-state index contributed by atoms with van der Waals surface area (Å²) in [5.74, 6) is 0. The van der Waals surface area contributed by atoms with Crippen molar-refractivity contribution in [3.8, 4) is 28.3 Å². The van der Waals surface area contributed by atoms with E-state index in [0.717, 1.165) is 11.4 Å². The van der Waals surface area contributed by atoms with Gasteiger partial charge in [-0.25, -0.2) is 4.68 Å². The number of fused-ring (bicyclic) bond motifs is 1. The molecule has 6 rings (SSSR count). The van der Waals surface area contributed by atoms with Crippen LogP contribution in [-0.4, -0.2) is 18.9 Å². The quantitative estimate of drug-likeness (QED) is 0.241. The molecule has 0 saturated carbocycles. The molecule has 0 radical (unpaired) electrons. The summed E-state index contributed by atoms with van der Waals surface area (Å²) in [6.45, 7) is 0. The monoisotopic (exact) mass is 506 g/mol. The number of nitrogens with zero attached hydrogens (tertiary/aromatic N) is 4. The van der Waals surface area contributed by atoms with E-state index in [1.54, 1.807) is 9.25 Å². The van der Waals surface area contributed by atoms with E-state index in [1.165, 1.54) is 0 Å². The second kappa shape index (κ2) is 9.07. The first-order chi connectivity index (χ1) is 17.6. The Kier molecular flexibility index (Phi) is 5.60. The predicted molar refractivity (Wildman–Crippen MR) is 147 cm³/mol. The lowest BCUT2D eigenvalue weighted by Gasteiger charge is -2.14. The molecule has 36 heavy (non-hydrogen) atoms. The van der Waals surface area contributed by atoms with E-state index in [9.17, 15) is 4.79 Å². The molecule has 0 aliphatic heterocycles. The Balaban J connectivity index is 1.86. The molecule has 0 saturated heterocycles. The van der Waals surface area contributed by atoms with Crippen LogP contribution in [0, 0.1) is 4.77 Å². The molecule has 0 unspecified atom stereocenters. The zero-order valence-electron chi connectivity index (χ0n) is 19.0. The van der Waals surface area contributed by atoms with E-state index in [4.69, 9.17) is 28.9 Å². The van der Waals surface area contributed by atoms with Crippen molar-refractivity contribution >= 4 is 34.9 Å². The molecule has 7 heteroatoms. The minimum absolute atomic E-state index is 0.259. The third-order valence-electron chi connectivity index (χ3n) is 6.04. The summed E-state index contributed by atoms with van der Waals surface area (Å²) in [7, 11) is 0. The average Bonchev–Trinajstić information content (AvgIpc) is 3.31. The molecule has 5 nitrogen and oxygen atoms in total. The van der Waals surface area contributed by atoms with Crippen LogP contribution in [0.4, 0.5) is 0 Å². The van der Waals surface area contributed by atoms with Crippen molar-refractivity contribution in [1.82, 2.24) is 18.9 Å². The molecule has 174 valence electrons. The Morgan fingerprint density at radius 3 is 1.72 bits per heavy atom. The van der Waals surface area contributed by atoms with Gasteiger partial charge in [0.15, 0.2) is 10.4 Å². The molecule has 2 aromatic heterocycles. The lowest BCUT2D eigenvalue weighted by Crippen LogP contribution is -2.23. The zero-order chi connectivity index (χ0) is 24.6. The topological polar surface area (TPSA) is 44.8 Å². The van der Waals surface area contributed by atoms with Gasteiger partial charge in [-0.3, -0.25) is 13.9 Å². The summed E-state index contributed by atoms with van der Waals surface area (Å²) in [4.78, 5) is 14.3. The van der Waals surface area contributed by atoms with Crippen LogP contribution in [0.3, 0.4) is 0 Å². The van der Waals surface area contributed by atoms with Crippen LogP contribution >= 0.6 is 23.8 Å². The molecule has 0 bridgehead atoms. The number of hydrogen-bond acceptors (Lipinski definition) is 3. The molecule has 0 atom stereocenters. The minimum Gasteiger partial charge on any atom is -0.269 e. The van der Waals surface area contributed by atoms with Crippen LogP contribution in [0.5, 0.6) is 0 Å². The molecular formula is C29H19ClN4OS. The average molecular weight is 507 g/mol. The first-order valence-electron chi connectivity index (χ1n) is 11.4. The number of halogens is 1. The zero-order valence-corrected chi connectivity index (χ0v) is 20.5. The lowest BCUT2D eigenvalue weighted by atomic mass is 10.1. The van der Waals surface area contributed by atoms with Crippen molar-refractivity contribution in [1.29, 1.82) is 0 Å². The molecule has 0 fully saturated rings. The Morgan fingerprint density at radius 1 is 0.639 bits per heavy atom. The van der Waals surface area contributed by atoms with Gasteiger partial charge in [-0.2, -0.15) is 0 Å². The van der Waals surface area contributed by atoms with Crippen LogP contribution in [0.2, 0.25) is 5.02 Å². The van der Waals surface area contributed by atoms with Gasteiger partial charge in [-0.05, 0) is 54.7 Å². The van der Waals surface area contributed by atoms with Gasteiger partial charge in [-0.15, -0.1) is 5.10 Å². The molecule has 2 heterocycles. The maximum Gasteiger partial charge on any atom is 0.270 e. The summed E-state index contributed by atoms with van der Waals surface area (Å²) < 4.78 is 5.51.